The number of unbranched alkanes of at least 4 members (excludes halogenated alkanes) is 2. The van der Waals surface area contributed by atoms with Gasteiger partial charge >= 0.3 is 0 Å². The molecule has 0 aromatic heterocycles. The van der Waals surface area contributed by atoms with Crippen molar-refractivity contribution >= 4 is 35.1 Å². The van der Waals surface area contributed by atoms with E-state index in [2.05, 4.69) is 10.6 Å². The molecule has 0 aliphatic carbocycles. The van der Waals surface area contributed by atoms with Crippen LogP contribution in [0.5, 0.6) is 0 Å². The highest BCUT2D eigenvalue weighted by Crippen LogP contribution is 2.21. The Morgan fingerprint density at radius 3 is 1.59 bits per heavy atom. The van der Waals surface area contributed by atoms with Gasteiger partial charge in [-0.1, -0.05) is 34.1 Å². The van der Waals surface area contributed by atoms with Gasteiger partial charge in [-0.05, 0) is 76.8 Å². The summed E-state index contributed by atoms with van der Waals surface area (Å²) in [7, 11) is 0. The van der Waals surface area contributed by atoms with E-state index < -0.39 is 54.0 Å². The zero-order valence-electron chi connectivity index (χ0n) is 27.6. The topological polar surface area (TPSA) is 225 Å². The average Bonchev–Trinajstić information content (AvgIpc) is 2.93. The van der Waals surface area contributed by atoms with Crippen molar-refractivity contribution in [2.24, 2.45) is 46.8 Å². The number of rotatable bonds is 26. The number of hydrogen-bond acceptors (Lipinski definition) is 9. The Kier molecular flexibility index (Phi) is 21.4. The number of carbonyl (C=O) groups is 6. The number of ketones is 3. The van der Waals surface area contributed by atoms with Gasteiger partial charge in [-0.3, -0.25) is 24.0 Å². The molecule has 0 spiro atoms. The molecule has 0 aliphatic rings. The lowest BCUT2D eigenvalue weighted by Crippen LogP contribution is -2.48. The van der Waals surface area contributed by atoms with Crippen LogP contribution in [0.2, 0.25) is 0 Å². The number of carbonyl (C=O) groups excluding carboxylic acids is 6. The van der Waals surface area contributed by atoms with Crippen molar-refractivity contribution in [2.45, 2.75) is 117 Å². The van der Waals surface area contributed by atoms with Gasteiger partial charge in [0.15, 0.2) is 11.6 Å². The molecule has 3 amide bonds. The maximum Gasteiger partial charge on any atom is 0.224 e. The normalized spacial score (nSPS) is 14.9. The minimum Gasteiger partial charge on any atom is -0.396 e. The third-order valence-electron chi connectivity index (χ3n) is 7.62. The first-order chi connectivity index (χ1) is 20.7. The summed E-state index contributed by atoms with van der Waals surface area (Å²) in [5, 5.41) is 15.1. The van der Waals surface area contributed by atoms with E-state index in [-0.39, 0.29) is 55.0 Å². The largest absolute Gasteiger partial charge is 0.396 e. The summed E-state index contributed by atoms with van der Waals surface area (Å²) in [6.45, 7) is 9.45. The molecule has 0 aromatic carbocycles. The van der Waals surface area contributed by atoms with Crippen molar-refractivity contribution in [1.82, 2.24) is 10.6 Å². The van der Waals surface area contributed by atoms with Gasteiger partial charge in [-0.25, -0.2) is 0 Å². The molecule has 44 heavy (non-hydrogen) atoms. The van der Waals surface area contributed by atoms with Crippen molar-refractivity contribution in [1.29, 1.82) is 0 Å². The van der Waals surface area contributed by atoms with E-state index in [4.69, 9.17) is 17.2 Å². The van der Waals surface area contributed by atoms with Crippen LogP contribution in [-0.2, 0) is 28.8 Å². The molecular formula is C32H59N5O7. The fourth-order valence-electron chi connectivity index (χ4n) is 5.21. The highest BCUT2D eigenvalue weighted by Gasteiger charge is 2.33. The first-order valence-electron chi connectivity index (χ1n) is 16.1. The summed E-state index contributed by atoms with van der Waals surface area (Å²) in [5.41, 5.74) is 16.5. The number of nitrogens with one attached hydrogen (secondary N) is 2. The summed E-state index contributed by atoms with van der Waals surface area (Å²) in [6, 6.07) is -1.77. The zero-order chi connectivity index (χ0) is 33.8. The number of aliphatic hydroxyl groups excluding tert-OH is 1. The summed E-state index contributed by atoms with van der Waals surface area (Å²) < 4.78 is 0. The van der Waals surface area contributed by atoms with Crippen LogP contribution in [0.25, 0.3) is 0 Å². The van der Waals surface area contributed by atoms with Gasteiger partial charge in [-0.2, -0.15) is 0 Å². The Balaban J connectivity index is 5.94. The predicted octanol–water partition coefficient (Wildman–Crippen LogP) is 1.53. The Morgan fingerprint density at radius 2 is 1.11 bits per heavy atom. The first-order valence-corrected chi connectivity index (χ1v) is 16.1. The van der Waals surface area contributed by atoms with E-state index in [1.165, 1.54) is 6.92 Å². The fourth-order valence-corrected chi connectivity index (χ4v) is 5.21. The zero-order valence-corrected chi connectivity index (χ0v) is 27.6. The lowest BCUT2D eigenvalue weighted by molar-refractivity contribution is -0.135. The third-order valence-corrected chi connectivity index (χ3v) is 7.62. The molecular weight excluding hydrogens is 566 g/mol. The SMILES string of the molecule is CC(=O)C[C@@H](CCCCN)C(=O)N[C@@H](CC(C)C)C(=O)C[C@@H](CC(C)C)C(=O)N[C@@H](CCCCN)C(=O)C[C@@H](CO)C(N)=O. The molecule has 5 atom stereocenters. The Morgan fingerprint density at radius 1 is 0.636 bits per heavy atom. The van der Waals surface area contributed by atoms with Crippen molar-refractivity contribution < 1.29 is 33.9 Å². The van der Waals surface area contributed by atoms with Gasteiger partial charge < -0.3 is 37.7 Å². The van der Waals surface area contributed by atoms with Crippen LogP contribution in [0.4, 0.5) is 0 Å². The van der Waals surface area contributed by atoms with Gasteiger partial charge in [0.2, 0.25) is 17.7 Å². The maximum atomic E-state index is 13.7. The van der Waals surface area contributed by atoms with E-state index in [0.29, 0.717) is 51.6 Å². The van der Waals surface area contributed by atoms with E-state index in [9.17, 15) is 33.9 Å². The van der Waals surface area contributed by atoms with Crippen molar-refractivity contribution in [2.75, 3.05) is 19.7 Å². The molecule has 0 rings (SSSR count). The second-order valence-corrected chi connectivity index (χ2v) is 12.9. The lowest BCUT2D eigenvalue weighted by Gasteiger charge is -2.27. The summed E-state index contributed by atoms with van der Waals surface area (Å²) in [5.74, 6) is -4.75. The van der Waals surface area contributed by atoms with Crippen molar-refractivity contribution in [3.05, 3.63) is 0 Å². The van der Waals surface area contributed by atoms with Crippen LogP contribution in [0.3, 0.4) is 0 Å². The maximum absolute atomic E-state index is 13.7. The predicted molar refractivity (Wildman–Crippen MR) is 170 cm³/mol. The molecule has 0 saturated heterocycles. The van der Waals surface area contributed by atoms with Crippen molar-refractivity contribution in [3.63, 3.8) is 0 Å². The average molecular weight is 626 g/mol. The molecule has 0 bridgehead atoms. The van der Waals surface area contributed by atoms with Crippen LogP contribution in [0.15, 0.2) is 0 Å². The van der Waals surface area contributed by atoms with Gasteiger partial charge in [0.25, 0.3) is 0 Å². The van der Waals surface area contributed by atoms with Crippen LogP contribution in [0.1, 0.15) is 105 Å². The van der Waals surface area contributed by atoms with E-state index >= 15 is 0 Å². The molecule has 0 aliphatic heterocycles. The molecule has 254 valence electrons. The second kappa shape index (κ2) is 22.8. The Hall–Kier alpha value is -2.70. The molecule has 0 fully saturated rings. The highest BCUT2D eigenvalue weighted by molar-refractivity contribution is 5.96. The number of hydrogen-bond donors (Lipinski definition) is 6. The van der Waals surface area contributed by atoms with Gasteiger partial charge in [0.05, 0.1) is 24.6 Å². The molecule has 0 radical (unpaired) electrons. The van der Waals surface area contributed by atoms with E-state index in [0.717, 1.165) is 6.42 Å². The molecule has 0 saturated carbocycles. The number of Topliss-reactive ketones (excluding diaryl/α,β-unsaturated/α-hetero) is 3. The van der Waals surface area contributed by atoms with Crippen molar-refractivity contribution in [3.8, 4) is 0 Å². The Bertz CT molecular complexity index is 925. The van der Waals surface area contributed by atoms with Crippen LogP contribution < -0.4 is 27.8 Å². The number of aliphatic hydroxyl groups is 1. The minimum absolute atomic E-state index is 0.0548. The minimum atomic E-state index is -1.06. The van der Waals surface area contributed by atoms with Gasteiger partial charge in [-0.15, -0.1) is 0 Å². The monoisotopic (exact) mass is 625 g/mol. The summed E-state index contributed by atoms with van der Waals surface area (Å²) in [4.78, 5) is 77.1. The molecule has 0 unspecified atom stereocenters. The van der Waals surface area contributed by atoms with E-state index in [1.807, 2.05) is 27.7 Å². The number of amides is 3. The molecule has 12 nitrogen and oxygen atoms in total. The van der Waals surface area contributed by atoms with E-state index in [1.54, 1.807) is 0 Å². The summed E-state index contributed by atoms with van der Waals surface area (Å²) in [6.07, 6.45) is 3.71. The smallest absolute Gasteiger partial charge is 0.224 e. The lowest BCUT2D eigenvalue weighted by atomic mass is 9.87. The molecule has 9 N–H and O–H groups in total. The van der Waals surface area contributed by atoms with Gasteiger partial charge in [0.1, 0.15) is 5.78 Å². The molecule has 12 heteroatoms. The third kappa shape index (κ3) is 17.6. The number of primary amides is 1. The molecule has 0 aromatic rings. The van der Waals surface area contributed by atoms with Crippen LogP contribution in [0, 0.1) is 29.6 Å². The number of nitrogens with two attached hydrogens (primary N) is 3. The second-order valence-electron chi connectivity index (χ2n) is 12.9. The highest BCUT2D eigenvalue weighted by atomic mass is 16.3. The quantitative estimate of drug-likeness (QED) is 0.0765. The first kappa shape index (κ1) is 41.3. The van der Waals surface area contributed by atoms with Crippen LogP contribution >= 0.6 is 0 Å². The Labute approximate surface area is 263 Å². The standard InChI is InChI=1S/C32H59N5O7/c1-20(2)14-24(32(44)36-26(11-7-9-13-34)28(40)18-25(19-38)30(35)42)17-29(41)27(15-21(3)4)37-31(43)23(16-22(5)39)10-6-8-12-33/h20-21,23-27,38H,6-19,33-34H2,1-5H3,(H2,35,42)(H,36,44)(H,37,43)/t23-,24-,25+,26+,27+/m1/s1. The fraction of sp³-hybridized carbons (Fsp3) is 0.812. The van der Waals surface area contributed by atoms with Crippen LogP contribution in [-0.4, -0.2) is 72.0 Å². The summed E-state index contributed by atoms with van der Waals surface area (Å²) >= 11 is 0. The molecule has 0 heterocycles. The van der Waals surface area contributed by atoms with Gasteiger partial charge in [0, 0.05) is 31.1 Å².